The van der Waals surface area contributed by atoms with E-state index >= 15 is 0 Å². The zero-order valence-electron chi connectivity index (χ0n) is 14.9. The maximum absolute atomic E-state index is 12.7. The fraction of sp³-hybridized carbons (Fsp3) is 0.632. The molecule has 1 aromatic carbocycles. The first-order chi connectivity index (χ1) is 12.0. The summed E-state index contributed by atoms with van der Waals surface area (Å²) in [4.78, 5) is 12.7. The van der Waals surface area contributed by atoms with E-state index in [2.05, 4.69) is 10.0 Å². The summed E-state index contributed by atoms with van der Waals surface area (Å²) in [5, 5.41) is 3.04. The summed E-state index contributed by atoms with van der Waals surface area (Å²) in [5.41, 5.74) is 1.26. The quantitative estimate of drug-likeness (QED) is 0.842. The van der Waals surface area contributed by atoms with E-state index in [4.69, 9.17) is 0 Å². The first-order valence-electron chi connectivity index (χ1n) is 9.39. The van der Waals surface area contributed by atoms with Gasteiger partial charge in [0.2, 0.25) is 10.0 Å². The Labute approximate surface area is 150 Å². The molecule has 0 unspecified atom stereocenters. The lowest BCUT2D eigenvalue weighted by atomic mass is 9.96. The molecule has 138 valence electrons. The number of carbonyl (C=O) groups excluding carboxylic acids is 1. The van der Waals surface area contributed by atoms with Crippen molar-refractivity contribution in [3.63, 3.8) is 0 Å². The number of carbonyl (C=O) groups is 1. The molecule has 1 amide bonds. The van der Waals surface area contributed by atoms with E-state index in [0.29, 0.717) is 5.56 Å². The molecule has 0 aromatic heterocycles. The minimum Gasteiger partial charge on any atom is -0.349 e. The smallest absolute Gasteiger partial charge is 0.251 e. The lowest BCUT2D eigenvalue weighted by Crippen LogP contribution is -2.36. The molecule has 0 atom stereocenters. The summed E-state index contributed by atoms with van der Waals surface area (Å²) in [5.74, 6) is -0.167. The van der Waals surface area contributed by atoms with Gasteiger partial charge in [-0.2, -0.15) is 0 Å². The SMILES string of the molecule is Cc1ccc(S(=O)(=O)NC2CCCCC2)cc1C(=O)NC1CCCC1. The molecule has 0 saturated heterocycles. The average Bonchev–Trinajstić information content (AvgIpc) is 3.08. The second-order valence-electron chi connectivity index (χ2n) is 7.39. The van der Waals surface area contributed by atoms with E-state index < -0.39 is 10.0 Å². The van der Waals surface area contributed by atoms with Gasteiger partial charge < -0.3 is 5.32 Å². The molecule has 3 rings (SSSR count). The van der Waals surface area contributed by atoms with Crippen molar-refractivity contribution in [3.8, 4) is 0 Å². The Morgan fingerprint density at radius 3 is 2.24 bits per heavy atom. The summed E-state index contributed by atoms with van der Waals surface area (Å²) in [6, 6.07) is 5.06. The maximum Gasteiger partial charge on any atom is 0.251 e. The second-order valence-corrected chi connectivity index (χ2v) is 9.10. The van der Waals surface area contributed by atoms with Crippen molar-refractivity contribution in [3.05, 3.63) is 29.3 Å². The van der Waals surface area contributed by atoms with Crippen molar-refractivity contribution in [2.45, 2.75) is 81.7 Å². The third-order valence-corrected chi connectivity index (χ3v) is 6.90. The van der Waals surface area contributed by atoms with Crippen molar-refractivity contribution in [2.24, 2.45) is 0 Å². The molecule has 2 aliphatic rings. The number of benzene rings is 1. The average molecular weight is 365 g/mol. The van der Waals surface area contributed by atoms with Crippen molar-refractivity contribution in [1.29, 1.82) is 0 Å². The number of sulfonamides is 1. The molecule has 0 radical (unpaired) electrons. The molecular weight excluding hydrogens is 336 g/mol. The number of amides is 1. The van der Waals surface area contributed by atoms with Crippen LogP contribution >= 0.6 is 0 Å². The van der Waals surface area contributed by atoms with Crippen LogP contribution in [0.4, 0.5) is 0 Å². The highest BCUT2D eigenvalue weighted by Crippen LogP contribution is 2.22. The lowest BCUT2D eigenvalue weighted by Gasteiger charge is -2.23. The van der Waals surface area contributed by atoms with Gasteiger partial charge in [-0.15, -0.1) is 0 Å². The van der Waals surface area contributed by atoms with E-state index in [1.807, 2.05) is 6.92 Å². The van der Waals surface area contributed by atoms with E-state index in [9.17, 15) is 13.2 Å². The van der Waals surface area contributed by atoms with Gasteiger partial charge in [0.15, 0.2) is 0 Å². The summed E-state index contributed by atoms with van der Waals surface area (Å²) >= 11 is 0. The van der Waals surface area contributed by atoms with E-state index in [1.54, 1.807) is 12.1 Å². The highest BCUT2D eigenvalue weighted by molar-refractivity contribution is 7.89. The fourth-order valence-electron chi connectivity index (χ4n) is 3.85. The number of hydrogen-bond acceptors (Lipinski definition) is 3. The van der Waals surface area contributed by atoms with Gasteiger partial charge in [0.25, 0.3) is 5.91 Å². The van der Waals surface area contributed by atoms with Crippen LogP contribution in [0.15, 0.2) is 23.1 Å². The largest absolute Gasteiger partial charge is 0.349 e. The molecule has 0 spiro atoms. The number of nitrogens with one attached hydrogen (secondary N) is 2. The number of hydrogen-bond donors (Lipinski definition) is 2. The minimum atomic E-state index is -3.59. The molecule has 2 saturated carbocycles. The van der Waals surface area contributed by atoms with Crippen LogP contribution in [0.2, 0.25) is 0 Å². The van der Waals surface area contributed by atoms with Crippen molar-refractivity contribution < 1.29 is 13.2 Å². The molecule has 25 heavy (non-hydrogen) atoms. The van der Waals surface area contributed by atoms with Gasteiger partial charge in [-0.05, 0) is 50.3 Å². The van der Waals surface area contributed by atoms with Gasteiger partial charge >= 0.3 is 0 Å². The van der Waals surface area contributed by atoms with Crippen LogP contribution < -0.4 is 10.0 Å². The highest BCUT2D eigenvalue weighted by Gasteiger charge is 2.24. The Bertz CT molecular complexity index is 718. The monoisotopic (exact) mass is 364 g/mol. The fourth-order valence-corrected chi connectivity index (χ4v) is 5.18. The first-order valence-corrected chi connectivity index (χ1v) is 10.9. The summed E-state index contributed by atoms with van der Waals surface area (Å²) < 4.78 is 28.2. The van der Waals surface area contributed by atoms with Crippen molar-refractivity contribution in [2.75, 3.05) is 0 Å². The molecule has 0 aliphatic heterocycles. The van der Waals surface area contributed by atoms with Crippen LogP contribution in [0.3, 0.4) is 0 Å². The Balaban J connectivity index is 1.76. The van der Waals surface area contributed by atoms with Crippen LogP contribution in [0, 0.1) is 6.92 Å². The zero-order chi connectivity index (χ0) is 17.9. The molecular formula is C19H28N2O3S. The van der Waals surface area contributed by atoms with Crippen molar-refractivity contribution in [1.82, 2.24) is 10.0 Å². The molecule has 0 heterocycles. The standard InChI is InChI=1S/C19H28N2O3S/c1-14-11-12-17(25(23,24)21-16-9-3-2-4-10-16)13-18(14)19(22)20-15-7-5-6-8-15/h11-13,15-16,21H,2-10H2,1H3,(H,20,22). The summed E-state index contributed by atoms with van der Waals surface area (Å²) in [7, 11) is -3.59. The van der Waals surface area contributed by atoms with Crippen LogP contribution in [-0.4, -0.2) is 26.4 Å². The predicted octanol–water partition coefficient (Wildman–Crippen LogP) is 3.28. The third-order valence-electron chi connectivity index (χ3n) is 5.38. The van der Waals surface area contributed by atoms with Crippen LogP contribution in [0.5, 0.6) is 0 Å². The van der Waals surface area contributed by atoms with Crippen LogP contribution in [-0.2, 0) is 10.0 Å². The minimum absolute atomic E-state index is 0.0100. The molecule has 5 nitrogen and oxygen atoms in total. The van der Waals surface area contributed by atoms with Gasteiger partial charge in [0.05, 0.1) is 4.90 Å². The summed E-state index contributed by atoms with van der Waals surface area (Å²) in [6.45, 7) is 1.84. The van der Waals surface area contributed by atoms with E-state index in [0.717, 1.165) is 56.9 Å². The molecule has 2 N–H and O–H groups in total. The highest BCUT2D eigenvalue weighted by atomic mass is 32.2. The van der Waals surface area contributed by atoms with Crippen molar-refractivity contribution >= 4 is 15.9 Å². The third kappa shape index (κ3) is 4.61. The molecule has 2 aliphatic carbocycles. The Morgan fingerprint density at radius 1 is 0.960 bits per heavy atom. The molecule has 0 bridgehead atoms. The van der Waals surface area contributed by atoms with E-state index in [1.165, 1.54) is 12.5 Å². The Morgan fingerprint density at radius 2 is 1.56 bits per heavy atom. The Hall–Kier alpha value is -1.40. The van der Waals surface area contributed by atoms with Crippen LogP contribution in [0.1, 0.15) is 73.7 Å². The van der Waals surface area contributed by atoms with Gasteiger partial charge in [0.1, 0.15) is 0 Å². The molecule has 1 aromatic rings. The first kappa shape index (κ1) is 18.4. The normalized spacial score (nSPS) is 19.9. The van der Waals surface area contributed by atoms with Gasteiger partial charge in [-0.3, -0.25) is 4.79 Å². The van der Waals surface area contributed by atoms with Gasteiger partial charge in [-0.1, -0.05) is 38.2 Å². The Kier molecular flexibility index (Phi) is 5.79. The van der Waals surface area contributed by atoms with Gasteiger partial charge in [0, 0.05) is 17.6 Å². The van der Waals surface area contributed by atoms with E-state index in [-0.39, 0.29) is 22.9 Å². The summed E-state index contributed by atoms with van der Waals surface area (Å²) in [6.07, 6.45) is 9.38. The lowest BCUT2D eigenvalue weighted by molar-refractivity contribution is 0.0937. The number of aryl methyl sites for hydroxylation is 1. The maximum atomic E-state index is 12.7. The zero-order valence-corrected chi connectivity index (χ0v) is 15.7. The number of rotatable bonds is 5. The van der Waals surface area contributed by atoms with Crippen LogP contribution in [0.25, 0.3) is 0 Å². The molecule has 2 fully saturated rings. The molecule has 6 heteroatoms. The predicted molar refractivity (Wildman–Crippen MR) is 98.1 cm³/mol. The second kappa shape index (κ2) is 7.87. The van der Waals surface area contributed by atoms with Gasteiger partial charge in [-0.25, -0.2) is 13.1 Å². The topological polar surface area (TPSA) is 75.3 Å².